The van der Waals surface area contributed by atoms with Gasteiger partial charge in [-0.05, 0) is 13.3 Å². The largest absolute Gasteiger partial charge is 0.378 e. The zero-order valence-electron chi connectivity index (χ0n) is 5.60. The van der Waals surface area contributed by atoms with Gasteiger partial charge in [-0.2, -0.15) is 5.26 Å². The highest BCUT2D eigenvalue weighted by Crippen LogP contribution is 2.04. The average molecular weight is 123 g/mol. The molecule has 0 aliphatic rings. The van der Waals surface area contributed by atoms with Crippen LogP contribution in [-0.2, 0) is 0 Å². The highest BCUT2D eigenvalue weighted by atomic mass is 16.3. The Morgan fingerprint density at radius 3 is 2.56 bits per heavy atom. The van der Waals surface area contributed by atoms with Gasteiger partial charge in [-0.25, -0.2) is 0 Å². The molecular weight excluding hydrogens is 114 g/mol. The molecule has 1 atom stereocenters. The van der Waals surface area contributed by atoms with Crippen LogP contribution >= 0.6 is 0 Å². The van der Waals surface area contributed by atoms with Crippen molar-refractivity contribution in [1.29, 1.82) is 5.26 Å². The molecule has 1 N–H and O–H groups in total. The summed E-state index contributed by atoms with van der Waals surface area (Å²) < 4.78 is 0. The Bertz CT molecular complexity index is 177. The van der Waals surface area contributed by atoms with Gasteiger partial charge in [0.1, 0.15) is 5.60 Å². The predicted molar refractivity (Wildman–Crippen MR) is 34.3 cm³/mol. The van der Waals surface area contributed by atoms with Crippen molar-refractivity contribution in [2.24, 2.45) is 0 Å². The molecule has 0 spiro atoms. The maximum absolute atomic E-state index is 9.13. The summed E-state index contributed by atoms with van der Waals surface area (Å²) in [5.74, 6) is 4.55. The number of hydrogen-bond donors (Lipinski definition) is 1. The van der Waals surface area contributed by atoms with Crippen molar-refractivity contribution >= 4 is 0 Å². The third kappa shape index (κ3) is 3.58. The average Bonchev–Trinajstić information content (AvgIpc) is 1.84. The Hall–Kier alpha value is -0.990. The van der Waals surface area contributed by atoms with Crippen molar-refractivity contribution in [3.05, 3.63) is 0 Å². The first-order valence-corrected chi connectivity index (χ1v) is 2.76. The predicted octanol–water partition coefficient (Wildman–Crippen LogP) is 0.674. The van der Waals surface area contributed by atoms with Crippen LogP contribution in [0.2, 0.25) is 0 Å². The molecule has 2 nitrogen and oxygen atoms in total. The van der Waals surface area contributed by atoms with Gasteiger partial charge in [0.15, 0.2) is 6.07 Å². The second-order valence-electron chi connectivity index (χ2n) is 1.99. The van der Waals surface area contributed by atoms with Crippen molar-refractivity contribution in [3.8, 4) is 17.9 Å². The molecule has 0 saturated heterocycles. The number of nitrogens with zero attached hydrogens (tertiary/aromatic N) is 1. The second-order valence-corrected chi connectivity index (χ2v) is 1.99. The summed E-state index contributed by atoms with van der Waals surface area (Å²) in [6, 6.07) is 1.64. The van der Waals surface area contributed by atoms with E-state index in [1.54, 1.807) is 13.0 Å². The molecule has 0 saturated carbocycles. The topological polar surface area (TPSA) is 44.0 Å². The molecule has 0 bridgehead atoms. The van der Waals surface area contributed by atoms with E-state index >= 15 is 0 Å². The zero-order valence-corrected chi connectivity index (χ0v) is 5.60. The van der Waals surface area contributed by atoms with Gasteiger partial charge < -0.3 is 5.11 Å². The summed E-state index contributed by atoms with van der Waals surface area (Å²) in [5, 5.41) is 17.1. The summed E-state index contributed by atoms with van der Waals surface area (Å²) in [7, 11) is 0. The SMILES string of the molecule is CCC(C)(O)C#CC#N. The monoisotopic (exact) mass is 123 g/mol. The van der Waals surface area contributed by atoms with E-state index in [9.17, 15) is 0 Å². The fourth-order valence-corrected chi connectivity index (χ4v) is 0.251. The van der Waals surface area contributed by atoms with Crippen LogP contribution < -0.4 is 0 Å². The first-order chi connectivity index (χ1) is 4.12. The summed E-state index contributed by atoms with van der Waals surface area (Å²) in [5.41, 5.74) is -0.990. The highest BCUT2D eigenvalue weighted by Gasteiger charge is 2.11. The smallest absolute Gasteiger partial charge is 0.152 e. The minimum Gasteiger partial charge on any atom is -0.378 e. The Morgan fingerprint density at radius 1 is 1.67 bits per heavy atom. The van der Waals surface area contributed by atoms with E-state index in [-0.39, 0.29) is 0 Å². The molecule has 0 aromatic carbocycles. The molecule has 48 valence electrons. The quantitative estimate of drug-likeness (QED) is 0.521. The molecule has 0 aliphatic heterocycles. The van der Waals surface area contributed by atoms with Gasteiger partial charge >= 0.3 is 0 Å². The molecule has 9 heavy (non-hydrogen) atoms. The van der Waals surface area contributed by atoms with Crippen LogP contribution in [0.5, 0.6) is 0 Å². The summed E-state index contributed by atoms with van der Waals surface area (Å²) in [6.45, 7) is 3.39. The van der Waals surface area contributed by atoms with E-state index in [2.05, 4.69) is 11.8 Å². The maximum Gasteiger partial charge on any atom is 0.152 e. The second kappa shape index (κ2) is 3.12. The molecule has 0 rings (SSSR count). The Labute approximate surface area is 55.1 Å². The molecule has 0 radical (unpaired) electrons. The summed E-state index contributed by atoms with van der Waals surface area (Å²) in [4.78, 5) is 0. The lowest BCUT2D eigenvalue weighted by Crippen LogP contribution is -2.19. The van der Waals surface area contributed by atoms with Crippen LogP contribution in [0.3, 0.4) is 0 Å². The van der Waals surface area contributed by atoms with E-state index in [1.807, 2.05) is 6.92 Å². The Kier molecular flexibility index (Phi) is 2.78. The molecular formula is C7H9NO. The third-order valence-electron chi connectivity index (χ3n) is 1.08. The molecule has 0 aliphatic carbocycles. The van der Waals surface area contributed by atoms with Crippen molar-refractivity contribution in [2.75, 3.05) is 0 Å². The van der Waals surface area contributed by atoms with E-state index in [0.717, 1.165) is 0 Å². The van der Waals surface area contributed by atoms with Gasteiger partial charge in [-0.1, -0.05) is 12.8 Å². The number of hydrogen-bond acceptors (Lipinski definition) is 2. The van der Waals surface area contributed by atoms with Crippen molar-refractivity contribution in [1.82, 2.24) is 0 Å². The number of nitriles is 1. The van der Waals surface area contributed by atoms with Gasteiger partial charge in [0, 0.05) is 5.92 Å². The summed E-state index contributed by atoms with van der Waals surface area (Å²) >= 11 is 0. The van der Waals surface area contributed by atoms with Gasteiger partial charge in [0.05, 0.1) is 0 Å². The van der Waals surface area contributed by atoms with Crippen LogP contribution in [0, 0.1) is 23.2 Å². The lowest BCUT2D eigenvalue weighted by molar-refractivity contribution is 0.118. The van der Waals surface area contributed by atoms with Crippen LogP contribution in [-0.4, -0.2) is 10.7 Å². The van der Waals surface area contributed by atoms with Gasteiger partial charge in [-0.3, -0.25) is 0 Å². The summed E-state index contributed by atoms with van der Waals surface area (Å²) in [6.07, 6.45) is 0.543. The Balaban J connectivity index is 4.05. The lowest BCUT2D eigenvalue weighted by Gasteiger charge is -2.10. The third-order valence-corrected chi connectivity index (χ3v) is 1.08. The van der Waals surface area contributed by atoms with Gasteiger partial charge in [0.2, 0.25) is 0 Å². The molecule has 1 unspecified atom stereocenters. The molecule has 0 fully saturated rings. The van der Waals surface area contributed by atoms with Crippen LogP contribution in [0.15, 0.2) is 0 Å². The molecule has 0 amide bonds. The fourth-order valence-electron chi connectivity index (χ4n) is 0.251. The van der Waals surface area contributed by atoms with Crippen LogP contribution in [0.4, 0.5) is 0 Å². The van der Waals surface area contributed by atoms with Gasteiger partial charge in [-0.15, -0.1) is 0 Å². The van der Waals surface area contributed by atoms with E-state index in [0.29, 0.717) is 6.42 Å². The lowest BCUT2D eigenvalue weighted by atomic mass is 10.1. The zero-order chi connectivity index (χ0) is 7.33. The highest BCUT2D eigenvalue weighted by molar-refractivity contribution is 5.22. The van der Waals surface area contributed by atoms with Crippen LogP contribution in [0.25, 0.3) is 0 Å². The Morgan fingerprint density at radius 2 is 2.22 bits per heavy atom. The van der Waals surface area contributed by atoms with Crippen molar-refractivity contribution in [2.45, 2.75) is 25.9 Å². The first kappa shape index (κ1) is 8.01. The number of aliphatic hydroxyl groups is 1. The minimum absolute atomic E-state index is 0.543. The van der Waals surface area contributed by atoms with E-state index < -0.39 is 5.60 Å². The van der Waals surface area contributed by atoms with Crippen molar-refractivity contribution in [3.63, 3.8) is 0 Å². The van der Waals surface area contributed by atoms with E-state index in [1.165, 1.54) is 0 Å². The first-order valence-electron chi connectivity index (χ1n) is 2.76. The van der Waals surface area contributed by atoms with Crippen molar-refractivity contribution < 1.29 is 5.11 Å². The maximum atomic E-state index is 9.13. The van der Waals surface area contributed by atoms with Crippen LogP contribution in [0.1, 0.15) is 20.3 Å². The molecule has 0 heterocycles. The number of rotatable bonds is 1. The molecule has 0 aromatic rings. The fraction of sp³-hybridized carbons (Fsp3) is 0.571. The minimum atomic E-state index is -0.990. The van der Waals surface area contributed by atoms with Gasteiger partial charge in [0.25, 0.3) is 0 Å². The standard InChI is InChI=1S/C7H9NO/c1-3-7(2,9)5-4-6-8/h9H,3H2,1-2H3. The molecule has 2 heteroatoms. The van der Waals surface area contributed by atoms with E-state index in [4.69, 9.17) is 10.4 Å². The molecule has 0 aromatic heterocycles. The normalized spacial score (nSPS) is 14.4.